The number of rotatable bonds is 10. The average Bonchev–Trinajstić information content (AvgIpc) is 3.40. The van der Waals surface area contributed by atoms with Gasteiger partial charge in [0.1, 0.15) is 12.6 Å². The molecule has 0 fully saturated rings. The van der Waals surface area contributed by atoms with Gasteiger partial charge in [-0.1, -0.05) is 32.8 Å². The number of thiophene rings is 1. The van der Waals surface area contributed by atoms with Gasteiger partial charge in [0.05, 0.1) is 5.69 Å². The summed E-state index contributed by atoms with van der Waals surface area (Å²) in [7, 11) is -1.13. The van der Waals surface area contributed by atoms with Crippen LogP contribution in [0.3, 0.4) is 0 Å². The number of aryl methyl sites for hydroxylation is 1. The second-order valence-electron chi connectivity index (χ2n) is 8.78. The van der Waals surface area contributed by atoms with E-state index >= 15 is 0 Å². The Kier molecular flexibility index (Phi) is 7.25. The van der Waals surface area contributed by atoms with E-state index in [1.54, 1.807) is 22.1 Å². The lowest BCUT2D eigenvalue weighted by Crippen LogP contribution is -2.22. The van der Waals surface area contributed by atoms with E-state index in [9.17, 15) is 0 Å². The molecular formula is C23H31N5OSSi. The van der Waals surface area contributed by atoms with Crippen LogP contribution in [0.15, 0.2) is 30.1 Å². The highest BCUT2D eigenvalue weighted by Gasteiger charge is 2.14. The Bertz CT molecular complexity index is 1100. The zero-order valence-corrected chi connectivity index (χ0v) is 20.9. The zero-order chi connectivity index (χ0) is 22.6. The number of hydrogen-bond acceptors (Lipinski definition) is 5. The maximum atomic E-state index is 5.99. The van der Waals surface area contributed by atoms with Crippen molar-refractivity contribution >= 4 is 43.3 Å². The zero-order valence-electron chi connectivity index (χ0n) is 19.1. The van der Waals surface area contributed by atoms with E-state index in [0.717, 1.165) is 35.4 Å². The predicted molar refractivity (Wildman–Crippen MR) is 134 cm³/mol. The Balaban J connectivity index is 1.86. The topological polar surface area (TPSA) is 57.8 Å². The summed E-state index contributed by atoms with van der Waals surface area (Å²) in [5, 5.41) is 8.76. The molecule has 31 heavy (non-hydrogen) atoms. The van der Waals surface area contributed by atoms with Crippen molar-refractivity contribution < 1.29 is 4.74 Å². The molecule has 0 aliphatic heterocycles. The highest BCUT2D eigenvalue weighted by atomic mass is 32.1. The van der Waals surface area contributed by atoms with Crippen LogP contribution in [0.1, 0.15) is 30.0 Å². The van der Waals surface area contributed by atoms with E-state index in [4.69, 9.17) is 9.72 Å². The average molecular weight is 454 g/mol. The summed E-state index contributed by atoms with van der Waals surface area (Å²) >= 11 is 1.69. The number of ether oxygens (including phenoxy) is 1. The molecule has 164 valence electrons. The number of aromatic nitrogens is 5. The van der Waals surface area contributed by atoms with Crippen molar-refractivity contribution in [1.29, 1.82) is 0 Å². The molecule has 0 spiro atoms. The molecule has 0 unspecified atom stereocenters. The van der Waals surface area contributed by atoms with E-state index in [1.807, 2.05) is 23.6 Å². The van der Waals surface area contributed by atoms with Crippen LogP contribution in [0.2, 0.25) is 25.7 Å². The highest BCUT2D eigenvalue weighted by Crippen LogP contribution is 2.26. The largest absolute Gasteiger partial charge is 0.361 e. The Labute approximate surface area is 189 Å². The van der Waals surface area contributed by atoms with Gasteiger partial charge in [-0.15, -0.1) is 5.10 Å². The van der Waals surface area contributed by atoms with Crippen LogP contribution in [0.4, 0.5) is 0 Å². The van der Waals surface area contributed by atoms with E-state index in [1.165, 1.54) is 5.56 Å². The third-order valence-corrected chi connectivity index (χ3v) is 7.31. The van der Waals surface area contributed by atoms with Gasteiger partial charge in [-0.2, -0.15) is 11.3 Å². The fourth-order valence-electron chi connectivity index (χ4n) is 2.93. The van der Waals surface area contributed by atoms with Gasteiger partial charge in [0.15, 0.2) is 11.6 Å². The van der Waals surface area contributed by atoms with Crippen molar-refractivity contribution in [2.45, 2.75) is 46.3 Å². The molecule has 8 heteroatoms. The summed E-state index contributed by atoms with van der Waals surface area (Å²) < 4.78 is 9.71. The van der Waals surface area contributed by atoms with Crippen LogP contribution >= 0.6 is 11.3 Å². The number of hydrogen-bond donors (Lipinski definition) is 0. The summed E-state index contributed by atoms with van der Waals surface area (Å²) in [6, 6.07) is 1.13. The smallest absolute Gasteiger partial charge is 0.175 e. The van der Waals surface area contributed by atoms with Gasteiger partial charge in [-0.05, 0) is 49.1 Å². The van der Waals surface area contributed by atoms with E-state index < -0.39 is 8.07 Å². The third kappa shape index (κ3) is 6.00. The van der Waals surface area contributed by atoms with Crippen LogP contribution in [0, 0.1) is 6.92 Å². The van der Waals surface area contributed by atoms with Crippen molar-refractivity contribution in [3.05, 3.63) is 53.2 Å². The molecule has 0 bridgehead atoms. The standard InChI is InChI=1S/C23H31N5OSSi/c1-8-22-25-21(26-28(22)17(2)3)9-10-23-24-20(19-15-30-14-18(19)4)13-27(23)16-29-11-12-31(5,6)7/h8-10,13-15H,1-2,11-12,16H2,3-7H3. The molecule has 3 rings (SSSR count). The van der Waals surface area contributed by atoms with Crippen molar-refractivity contribution in [2.24, 2.45) is 0 Å². The fraction of sp³-hybridized carbons (Fsp3) is 0.348. The third-order valence-electron chi connectivity index (χ3n) is 4.74. The summed E-state index contributed by atoms with van der Waals surface area (Å²) in [6.07, 6.45) is 7.51. The molecule has 3 heterocycles. The van der Waals surface area contributed by atoms with Crippen LogP contribution in [0.5, 0.6) is 0 Å². The summed E-state index contributed by atoms with van der Waals surface area (Å²) in [4.78, 5) is 9.34. The Hall–Kier alpha value is -2.55. The molecule has 0 amide bonds. The number of allylic oxidation sites excluding steroid dienone is 1. The van der Waals surface area contributed by atoms with E-state index in [2.05, 4.69) is 66.8 Å². The molecule has 0 aromatic carbocycles. The van der Waals surface area contributed by atoms with Crippen molar-refractivity contribution in [3.8, 4) is 11.3 Å². The van der Waals surface area contributed by atoms with Gasteiger partial charge in [-0.25, -0.2) is 14.6 Å². The summed E-state index contributed by atoms with van der Waals surface area (Å²) in [5.74, 6) is 2.06. The first kappa shape index (κ1) is 23.1. The number of imidazole rings is 1. The first-order valence-electron chi connectivity index (χ1n) is 10.3. The fourth-order valence-corrected chi connectivity index (χ4v) is 4.53. The minimum absolute atomic E-state index is 0.464. The van der Waals surface area contributed by atoms with Crippen molar-refractivity contribution in [2.75, 3.05) is 6.61 Å². The SMILES string of the molecule is C=Cc1nc(C=Cc2nc(-c3cscc3C)cn2COCC[Si](C)(C)C)nn1C(=C)C. The first-order valence-corrected chi connectivity index (χ1v) is 14.9. The second-order valence-corrected chi connectivity index (χ2v) is 15.1. The summed E-state index contributed by atoms with van der Waals surface area (Å²) in [5.41, 5.74) is 4.11. The predicted octanol–water partition coefficient (Wildman–Crippen LogP) is 6.13. The van der Waals surface area contributed by atoms with Gasteiger partial charge in [0, 0.05) is 37.5 Å². The monoisotopic (exact) mass is 453 g/mol. The quantitative estimate of drug-likeness (QED) is 0.274. The van der Waals surface area contributed by atoms with E-state index in [-0.39, 0.29) is 0 Å². The van der Waals surface area contributed by atoms with Gasteiger partial charge in [0.2, 0.25) is 0 Å². The van der Waals surface area contributed by atoms with Gasteiger partial charge in [0.25, 0.3) is 0 Å². The molecule has 6 nitrogen and oxygen atoms in total. The molecule has 0 aliphatic rings. The molecule has 3 aromatic heterocycles. The molecule has 0 N–H and O–H groups in total. The van der Waals surface area contributed by atoms with Crippen molar-refractivity contribution in [1.82, 2.24) is 24.3 Å². The maximum Gasteiger partial charge on any atom is 0.175 e. The molecule has 0 saturated carbocycles. The minimum Gasteiger partial charge on any atom is -0.361 e. The summed E-state index contributed by atoms with van der Waals surface area (Å²) in [6.45, 7) is 20.0. The first-order chi connectivity index (χ1) is 14.7. The molecule has 0 aliphatic carbocycles. The minimum atomic E-state index is -1.13. The Morgan fingerprint density at radius 1 is 1.19 bits per heavy atom. The molecular weight excluding hydrogens is 422 g/mol. The highest BCUT2D eigenvalue weighted by molar-refractivity contribution is 7.08. The molecule has 0 radical (unpaired) electrons. The van der Waals surface area contributed by atoms with Gasteiger partial charge in [-0.3, -0.25) is 0 Å². The lowest BCUT2D eigenvalue weighted by atomic mass is 10.2. The second kappa shape index (κ2) is 9.72. The van der Waals surface area contributed by atoms with Crippen LogP contribution < -0.4 is 0 Å². The van der Waals surface area contributed by atoms with Gasteiger partial charge < -0.3 is 9.30 Å². The normalized spacial score (nSPS) is 12.0. The Morgan fingerprint density at radius 3 is 2.55 bits per heavy atom. The van der Waals surface area contributed by atoms with Gasteiger partial charge >= 0.3 is 0 Å². The maximum absolute atomic E-state index is 5.99. The molecule has 0 saturated heterocycles. The van der Waals surface area contributed by atoms with E-state index in [0.29, 0.717) is 18.4 Å². The van der Waals surface area contributed by atoms with Crippen LogP contribution in [-0.4, -0.2) is 39.0 Å². The number of nitrogens with zero attached hydrogens (tertiary/aromatic N) is 5. The Morgan fingerprint density at radius 2 is 1.97 bits per heavy atom. The molecule has 0 atom stereocenters. The lowest BCUT2D eigenvalue weighted by Gasteiger charge is -2.15. The van der Waals surface area contributed by atoms with Crippen LogP contribution in [-0.2, 0) is 11.5 Å². The van der Waals surface area contributed by atoms with Crippen molar-refractivity contribution in [3.63, 3.8) is 0 Å². The molecule has 3 aromatic rings. The lowest BCUT2D eigenvalue weighted by molar-refractivity contribution is 0.0867. The van der Waals surface area contributed by atoms with Crippen LogP contribution in [0.25, 0.3) is 35.2 Å².